The van der Waals surface area contributed by atoms with E-state index in [1.165, 1.54) is 6.07 Å². The molecule has 2 aliphatic rings. The summed E-state index contributed by atoms with van der Waals surface area (Å²) in [5.41, 5.74) is 0.399. The molecule has 8 heteroatoms. The first-order valence-corrected chi connectivity index (χ1v) is 10.6. The minimum absolute atomic E-state index is 0. The van der Waals surface area contributed by atoms with Gasteiger partial charge in [-0.25, -0.2) is 8.42 Å². The molecule has 1 amide bonds. The number of halogens is 1. The SMILES string of the molecule is CC1CCCCN1S(=O)(=O)c1cccc(C(=O)N[C@H]2CCCNC2)c1.Cl. The van der Waals surface area contributed by atoms with Crippen LogP contribution < -0.4 is 10.6 Å². The summed E-state index contributed by atoms with van der Waals surface area (Å²) in [5, 5.41) is 6.25. The fourth-order valence-electron chi connectivity index (χ4n) is 3.61. The Labute approximate surface area is 162 Å². The number of carbonyl (C=O) groups excluding carboxylic acids is 1. The van der Waals surface area contributed by atoms with Crippen LogP contribution in [0.4, 0.5) is 0 Å². The van der Waals surface area contributed by atoms with Gasteiger partial charge < -0.3 is 10.6 Å². The van der Waals surface area contributed by atoms with Gasteiger partial charge in [-0.3, -0.25) is 4.79 Å². The van der Waals surface area contributed by atoms with Crippen molar-refractivity contribution < 1.29 is 13.2 Å². The van der Waals surface area contributed by atoms with Crippen molar-refractivity contribution in [2.24, 2.45) is 0 Å². The Morgan fingerprint density at radius 2 is 2.04 bits per heavy atom. The van der Waals surface area contributed by atoms with E-state index in [0.717, 1.165) is 45.2 Å². The second kappa shape index (κ2) is 9.17. The molecule has 26 heavy (non-hydrogen) atoms. The van der Waals surface area contributed by atoms with Gasteiger partial charge >= 0.3 is 0 Å². The van der Waals surface area contributed by atoms with Gasteiger partial charge in [0.25, 0.3) is 5.91 Å². The number of carbonyl (C=O) groups is 1. The number of hydrogen-bond acceptors (Lipinski definition) is 4. The Morgan fingerprint density at radius 1 is 1.23 bits per heavy atom. The zero-order valence-electron chi connectivity index (χ0n) is 15.1. The van der Waals surface area contributed by atoms with Gasteiger partial charge in [-0.05, 0) is 57.4 Å². The highest BCUT2D eigenvalue weighted by molar-refractivity contribution is 7.89. The average molecular weight is 402 g/mol. The summed E-state index contributed by atoms with van der Waals surface area (Å²) in [5.74, 6) is -0.211. The number of nitrogens with zero attached hydrogens (tertiary/aromatic N) is 1. The van der Waals surface area contributed by atoms with Crippen LogP contribution in [0.25, 0.3) is 0 Å². The molecule has 0 bridgehead atoms. The second-order valence-electron chi connectivity index (χ2n) is 7.01. The summed E-state index contributed by atoms with van der Waals surface area (Å²) >= 11 is 0. The normalized spacial score (nSPS) is 24.5. The van der Waals surface area contributed by atoms with Crippen molar-refractivity contribution in [1.82, 2.24) is 14.9 Å². The van der Waals surface area contributed by atoms with Crippen molar-refractivity contribution in [3.8, 4) is 0 Å². The fraction of sp³-hybridized carbons (Fsp3) is 0.611. The van der Waals surface area contributed by atoms with Gasteiger partial charge in [0.2, 0.25) is 10.0 Å². The van der Waals surface area contributed by atoms with E-state index < -0.39 is 10.0 Å². The molecule has 6 nitrogen and oxygen atoms in total. The average Bonchev–Trinajstić information content (AvgIpc) is 2.63. The van der Waals surface area contributed by atoms with Crippen LogP contribution in [0.1, 0.15) is 49.4 Å². The third kappa shape index (κ3) is 4.76. The number of rotatable bonds is 4. The lowest BCUT2D eigenvalue weighted by molar-refractivity contribution is 0.0930. The molecule has 0 radical (unpaired) electrons. The zero-order chi connectivity index (χ0) is 17.9. The van der Waals surface area contributed by atoms with Crippen molar-refractivity contribution in [2.75, 3.05) is 19.6 Å². The third-order valence-corrected chi connectivity index (χ3v) is 7.09. The lowest BCUT2D eigenvalue weighted by Crippen LogP contribution is -2.45. The Morgan fingerprint density at radius 3 is 2.73 bits per heavy atom. The molecule has 0 aliphatic carbocycles. The molecular weight excluding hydrogens is 374 g/mol. The zero-order valence-corrected chi connectivity index (χ0v) is 16.7. The molecule has 0 aromatic heterocycles. The van der Waals surface area contributed by atoms with Crippen molar-refractivity contribution in [3.63, 3.8) is 0 Å². The van der Waals surface area contributed by atoms with E-state index in [2.05, 4.69) is 10.6 Å². The summed E-state index contributed by atoms with van der Waals surface area (Å²) in [6, 6.07) is 6.51. The number of nitrogens with one attached hydrogen (secondary N) is 2. The molecule has 1 aromatic rings. The number of sulfonamides is 1. The molecule has 146 valence electrons. The maximum Gasteiger partial charge on any atom is 0.251 e. The number of amides is 1. The molecule has 2 heterocycles. The van der Waals surface area contributed by atoms with Gasteiger partial charge in [0.15, 0.2) is 0 Å². The molecule has 2 atom stereocenters. The van der Waals surface area contributed by atoms with Crippen molar-refractivity contribution in [2.45, 2.75) is 56.0 Å². The molecule has 2 aliphatic heterocycles. The molecule has 0 saturated carbocycles. The first kappa shape index (κ1) is 21.2. The first-order valence-electron chi connectivity index (χ1n) is 9.12. The summed E-state index contributed by atoms with van der Waals surface area (Å²) in [6.07, 6.45) is 4.81. The summed E-state index contributed by atoms with van der Waals surface area (Å²) in [6.45, 7) is 4.24. The maximum absolute atomic E-state index is 12.9. The smallest absolute Gasteiger partial charge is 0.251 e. The van der Waals surface area contributed by atoms with Crippen LogP contribution >= 0.6 is 12.4 Å². The lowest BCUT2D eigenvalue weighted by atomic mass is 10.1. The summed E-state index contributed by atoms with van der Waals surface area (Å²) in [7, 11) is -3.56. The molecule has 2 N–H and O–H groups in total. The highest BCUT2D eigenvalue weighted by Gasteiger charge is 2.31. The van der Waals surface area contributed by atoms with E-state index in [9.17, 15) is 13.2 Å². The number of benzene rings is 1. The number of piperidine rings is 2. The highest BCUT2D eigenvalue weighted by Crippen LogP contribution is 2.25. The Kier molecular flexibility index (Phi) is 7.46. The Balaban J connectivity index is 0.00000243. The van der Waals surface area contributed by atoms with Gasteiger partial charge in [-0.15, -0.1) is 12.4 Å². The van der Waals surface area contributed by atoms with E-state index in [1.807, 2.05) is 6.92 Å². The van der Waals surface area contributed by atoms with E-state index in [1.54, 1.807) is 22.5 Å². The molecule has 3 rings (SSSR count). The summed E-state index contributed by atoms with van der Waals surface area (Å²) < 4.78 is 27.5. The van der Waals surface area contributed by atoms with Gasteiger partial charge in [0.1, 0.15) is 0 Å². The molecule has 2 saturated heterocycles. The Hall–Kier alpha value is -1.15. The van der Waals surface area contributed by atoms with E-state index in [0.29, 0.717) is 12.1 Å². The summed E-state index contributed by atoms with van der Waals surface area (Å²) in [4.78, 5) is 12.7. The standard InChI is InChI=1S/C18H27N3O3S.ClH/c1-14-6-2-3-11-21(14)25(23,24)17-9-4-7-15(12-17)18(22)20-16-8-5-10-19-13-16;/h4,7,9,12,14,16,19H,2-3,5-6,8,10-11,13H2,1H3,(H,20,22);1H/t14?,16-;/m0./s1. The third-order valence-electron chi connectivity index (χ3n) is 5.08. The van der Waals surface area contributed by atoms with E-state index in [-0.39, 0.29) is 35.3 Å². The van der Waals surface area contributed by atoms with Crippen LogP contribution in [0.3, 0.4) is 0 Å². The Bertz CT molecular complexity index is 720. The van der Waals surface area contributed by atoms with Crippen LogP contribution in [0.2, 0.25) is 0 Å². The van der Waals surface area contributed by atoms with E-state index >= 15 is 0 Å². The number of hydrogen-bond donors (Lipinski definition) is 2. The highest BCUT2D eigenvalue weighted by atomic mass is 35.5. The first-order chi connectivity index (χ1) is 12.0. The fourth-order valence-corrected chi connectivity index (χ4v) is 5.35. The van der Waals surface area contributed by atoms with Gasteiger partial charge in [-0.2, -0.15) is 4.31 Å². The second-order valence-corrected chi connectivity index (χ2v) is 8.90. The van der Waals surface area contributed by atoms with Crippen LogP contribution in [0, 0.1) is 0 Å². The molecule has 1 aromatic carbocycles. The van der Waals surface area contributed by atoms with Crippen LogP contribution in [0.5, 0.6) is 0 Å². The molecular formula is C18H28ClN3O3S. The van der Waals surface area contributed by atoms with Crippen LogP contribution in [-0.2, 0) is 10.0 Å². The minimum Gasteiger partial charge on any atom is -0.348 e. The molecule has 2 fully saturated rings. The monoisotopic (exact) mass is 401 g/mol. The van der Waals surface area contributed by atoms with Gasteiger partial charge in [-0.1, -0.05) is 12.5 Å². The van der Waals surface area contributed by atoms with Crippen LogP contribution in [0.15, 0.2) is 29.2 Å². The lowest BCUT2D eigenvalue weighted by Gasteiger charge is -2.32. The quantitative estimate of drug-likeness (QED) is 0.810. The maximum atomic E-state index is 12.9. The van der Waals surface area contributed by atoms with Crippen molar-refractivity contribution in [1.29, 1.82) is 0 Å². The largest absolute Gasteiger partial charge is 0.348 e. The molecule has 1 unspecified atom stereocenters. The van der Waals surface area contributed by atoms with Crippen molar-refractivity contribution >= 4 is 28.3 Å². The minimum atomic E-state index is -3.56. The van der Waals surface area contributed by atoms with Crippen molar-refractivity contribution in [3.05, 3.63) is 29.8 Å². The van der Waals surface area contributed by atoms with Gasteiger partial charge in [0, 0.05) is 30.7 Å². The predicted molar refractivity (Wildman–Crippen MR) is 104 cm³/mol. The van der Waals surface area contributed by atoms with Crippen LogP contribution in [-0.4, -0.2) is 50.3 Å². The van der Waals surface area contributed by atoms with Gasteiger partial charge in [0.05, 0.1) is 4.90 Å². The predicted octanol–water partition coefficient (Wildman–Crippen LogP) is 2.15. The topological polar surface area (TPSA) is 78.5 Å². The van der Waals surface area contributed by atoms with E-state index in [4.69, 9.17) is 0 Å². The molecule has 0 spiro atoms.